The number of halogens is 1. The monoisotopic (exact) mass is 251 g/mol. The van der Waals surface area contributed by atoms with Crippen molar-refractivity contribution < 1.29 is 8.42 Å². The Bertz CT molecular complexity index is 404. The molecular formula is C8H14ClN3O2S. The van der Waals surface area contributed by atoms with Gasteiger partial charge in [0.25, 0.3) is 0 Å². The van der Waals surface area contributed by atoms with Crippen LogP contribution in [0.3, 0.4) is 0 Å². The van der Waals surface area contributed by atoms with Gasteiger partial charge in [-0.25, -0.2) is 13.6 Å². The number of nitrogens with two attached hydrogens (primary N) is 2. The average molecular weight is 252 g/mol. The number of primary sulfonamides is 1. The van der Waals surface area contributed by atoms with Crippen molar-refractivity contribution in [3.05, 3.63) is 29.8 Å². The van der Waals surface area contributed by atoms with Crippen LogP contribution in [0.1, 0.15) is 17.7 Å². The Kier molecular flexibility index (Phi) is 5.02. The molecule has 0 amide bonds. The van der Waals surface area contributed by atoms with Gasteiger partial charge in [0.15, 0.2) is 0 Å². The summed E-state index contributed by atoms with van der Waals surface area (Å²) in [6.45, 7) is 1.54. The normalized spacial score (nSPS) is 12.7. The fourth-order valence-corrected chi connectivity index (χ4v) is 1.58. The highest BCUT2D eigenvalue weighted by Gasteiger charge is 2.17. The molecule has 1 unspecified atom stereocenters. The Morgan fingerprint density at radius 2 is 1.73 bits per heavy atom. The first-order valence-corrected chi connectivity index (χ1v) is 5.64. The minimum atomic E-state index is -3.53. The molecule has 0 saturated carbocycles. The molecule has 1 aromatic carbocycles. The lowest BCUT2D eigenvalue weighted by Crippen LogP contribution is -2.19. The van der Waals surface area contributed by atoms with Crippen molar-refractivity contribution in [2.24, 2.45) is 11.0 Å². The molecule has 0 fully saturated rings. The van der Waals surface area contributed by atoms with Crippen molar-refractivity contribution in [3.63, 3.8) is 0 Å². The molecule has 0 radical (unpaired) electrons. The highest BCUT2D eigenvalue weighted by atomic mass is 35.5. The van der Waals surface area contributed by atoms with Crippen LogP contribution in [0.25, 0.3) is 0 Å². The van der Waals surface area contributed by atoms with Crippen molar-refractivity contribution in [3.8, 4) is 0 Å². The molecule has 1 aromatic rings. The summed E-state index contributed by atoms with van der Waals surface area (Å²) in [6, 6.07) is 6.72. The van der Waals surface area contributed by atoms with Crippen LogP contribution < -0.4 is 16.4 Å². The molecule has 7 heteroatoms. The van der Waals surface area contributed by atoms with Crippen LogP contribution in [0.15, 0.2) is 24.3 Å². The van der Waals surface area contributed by atoms with Crippen LogP contribution in [0.5, 0.6) is 0 Å². The van der Waals surface area contributed by atoms with E-state index < -0.39 is 15.3 Å². The molecule has 15 heavy (non-hydrogen) atoms. The number of rotatable bonds is 3. The Labute approximate surface area is 95.3 Å². The summed E-state index contributed by atoms with van der Waals surface area (Å²) in [6.07, 6.45) is 0. The second-order valence-electron chi connectivity index (χ2n) is 3.00. The summed E-state index contributed by atoms with van der Waals surface area (Å²) in [7, 11) is -3.53. The van der Waals surface area contributed by atoms with E-state index in [0.29, 0.717) is 5.56 Å². The first-order chi connectivity index (χ1) is 6.45. The lowest BCUT2D eigenvalue weighted by molar-refractivity contribution is 0.588. The lowest BCUT2D eigenvalue weighted by Gasteiger charge is -2.09. The molecule has 5 N–H and O–H groups in total. The predicted octanol–water partition coefficient (Wildman–Crippen LogP) is 0.744. The molecule has 0 aromatic heterocycles. The average Bonchev–Trinajstić information content (AvgIpc) is 2.15. The molecule has 0 bridgehead atoms. The van der Waals surface area contributed by atoms with Crippen LogP contribution in [-0.4, -0.2) is 8.42 Å². The smallest absolute Gasteiger partial charge is 0.215 e. The van der Waals surface area contributed by atoms with Crippen molar-refractivity contribution >= 4 is 28.1 Å². The van der Waals surface area contributed by atoms with Gasteiger partial charge >= 0.3 is 0 Å². The number of nitrogens with one attached hydrogen (secondary N) is 1. The van der Waals surface area contributed by atoms with E-state index in [-0.39, 0.29) is 12.4 Å². The number of benzene rings is 1. The number of hydrogen-bond acceptors (Lipinski definition) is 4. The first kappa shape index (κ1) is 14.2. The molecule has 5 nitrogen and oxygen atoms in total. The van der Waals surface area contributed by atoms with E-state index in [0.717, 1.165) is 5.69 Å². The third-order valence-electron chi connectivity index (χ3n) is 2.04. The molecule has 0 aliphatic heterocycles. The van der Waals surface area contributed by atoms with Crippen LogP contribution in [-0.2, 0) is 10.0 Å². The molecule has 1 rings (SSSR count). The maximum atomic E-state index is 11.0. The third kappa shape index (κ3) is 3.67. The molecule has 0 spiro atoms. The molecule has 0 heterocycles. The van der Waals surface area contributed by atoms with E-state index in [1.54, 1.807) is 31.2 Å². The van der Waals surface area contributed by atoms with Crippen LogP contribution in [0.2, 0.25) is 0 Å². The van der Waals surface area contributed by atoms with Gasteiger partial charge in [0, 0.05) is 5.69 Å². The zero-order valence-electron chi connectivity index (χ0n) is 8.17. The Morgan fingerprint density at radius 3 is 2.07 bits per heavy atom. The van der Waals surface area contributed by atoms with Gasteiger partial charge in [-0.15, -0.1) is 12.4 Å². The van der Waals surface area contributed by atoms with E-state index in [4.69, 9.17) is 11.0 Å². The van der Waals surface area contributed by atoms with Crippen molar-refractivity contribution in [2.75, 3.05) is 5.43 Å². The third-order valence-corrected chi connectivity index (χ3v) is 3.30. The van der Waals surface area contributed by atoms with Gasteiger partial charge in [-0.3, -0.25) is 5.84 Å². The largest absolute Gasteiger partial charge is 0.324 e. The predicted molar refractivity (Wildman–Crippen MR) is 63.0 cm³/mol. The first-order valence-electron chi connectivity index (χ1n) is 4.03. The summed E-state index contributed by atoms with van der Waals surface area (Å²) in [4.78, 5) is 0. The van der Waals surface area contributed by atoms with Crippen molar-refractivity contribution in [1.29, 1.82) is 0 Å². The van der Waals surface area contributed by atoms with Gasteiger partial charge < -0.3 is 5.43 Å². The van der Waals surface area contributed by atoms with E-state index in [1.165, 1.54) is 0 Å². The number of hydrogen-bond donors (Lipinski definition) is 3. The second-order valence-corrected chi connectivity index (χ2v) is 4.88. The molecule has 0 aliphatic carbocycles. The topological polar surface area (TPSA) is 98.2 Å². The van der Waals surface area contributed by atoms with Gasteiger partial charge in [-0.1, -0.05) is 12.1 Å². The highest BCUT2D eigenvalue weighted by Crippen LogP contribution is 2.20. The number of nitrogen functional groups attached to an aromatic ring is 1. The van der Waals surface area contributed by atoms with Crippen molar-refractivity contribution in [2.45, 2.75) is 12.2 Å². The van der Waals surface area contributed by atoms with E-state index in [1.807, 2.05) is 0 Å². The molecule has 86 valence electrons. The van der Waals surface area contributed by atoms with Crippen LogP contribution >= 0.6 is 12.4 Å². The second kappa shape index (κ2) is 5.32. The highest BCUT2D eigenvalue weighted by molar-refractivity contribution is 7.89. The molecule has 1 atom stereocenters. The number of sulfonamides is 1. The number of anilines is 1. The quantitative estimate of drug-likeness (QED) is 0.545. The van der Waals surface area contributed by atoms with Gasteiger partial charge in [0.2, 0.25) is 10.0 Å². The van der Waals surface area contributed by atoms with Crippen LogP contribution in [0, 0.1) is 0 Å². The van der Waals surface area contributed by atoms with Crippen molar-refractivity contribution in [1.82, 2.24) is 0 Å². The Balaban J connectivity index is 0.00000196. The number of hydrazine groups is 1. The minimum Gasteiger partial charge on any atom is -0.324 e. The maximum Gasteiger partial charge on any atom is 0.215 e. The Morgan fingerprint density at radius 1 is 1.27 bits per heavy atom. The Hall–Kier alpha value is -0.820. The van der Waals surface area contributed by atoms with Gasteiger partial charge in [0.1, 0.15) is 0 Å². The molecule has 0 saturated heterocycles. The fourth-order valence-electron chi connectivity index (χ4n) is 1.04. The van der Waals surface area contributed by atoms with Gasteiger partial charge in [-0.2, -0.15) is 0 Å². The van der Waals surface area contributed by atoms with E-state index in [2.05, 4.69) is 5.43 Å². The standard InChI is InChI=1S/C8H13N3O2S.ClH/c1-6(14(10,12)13)7-2-4-8(11-9)5-3-7;/h2-6,11H,9H2,1H3,(H2,10,12,13);1H. The summed E-state index contributed by atoms with van der Waals surface area (Å²) < 4.78 is 22.0. The zero-order chi connectivity index (χ0) is 10.8. The minimum absolute atomic E-state index is 0. The molecular weight excluding hydrogens is 238 g/mol. The van der Waals surface area contributed by atoms with Gasteiger partial charge in [-0.05, 0) is 24.6 Å². The zero-order valence-corrected chi connectivity index (χ0v) is 9.81. The van der Waals surface area contributed by atoms with E-state index in [9.17, 15) is 8.42 Å². The molecule has 0 aliphatic rings. The van der Waals surface area contributed by atoms with Gasteiger partial charge in [0.05, 0.1) is 5.25 Å². The maximum absolute atomic E-state index is 11.0. The summed E-state index contributed by atoms with van der Waals surface area (Å²) >= 11 is 0. The summed E-state index contributed by atoms with van der Waals surface area (Å²) in [5.41, 5.74) is 3.81. The fraction of sp³-hybridized carbons (Fsp3) is 0.250. The SMILES string of the molecule is CC(c1ccc(NN)cc1)S(N)(=O)=O.Cl. The lowest BCUT2D eigenvalue weighted by atomic mass is 10.1. The summed E-state index contributed by atoms with van der Waals surface area (Å²) in [5, 5.41) is 4.31. The van der Waals surface area contributed by atoms with Crippen LogP contribution in [0.4, 0.5) is 5.69 Å². The summed E-state index contributed by atoms with van der Waals surface area (Å²) in [5.74, 6) is 5.17. The van der Waals surface area contributed by atoms with E-state index >= 15 is 0 Å².